The van der Waals surface area contributed by atoms with Crippen LogP contribution in [0.15, 0.2) is 38.6 Å². The summed E-state index contributed by atoms with van der Waals surface area (Å²) < 4.78 is 1.76. The highest BCUT2D eigenvalue weighted by molar-refractivity contribution is 9.10. The molecule has 2 aromatic rings. The van der Waals surface area contributed by atoms with Gasteiger partial charge in [0, 0.05) is 31.5 Å². The maximum Gasteiger partial charge on any atom is 0.169 e. The Hall–Kier alpha value is -0.650. The summed E-state index contributed by atoms with van der Waals surface area (Å²) in [6.45, 7) is 0. The molecular weight excluding hydrogens is 366 g/mol. The summed E-state index contributed by atoms with van der Waals surface area (Å²) in [5, 5.41) is 1.96. The van der Waals surface area contributed by atoms with Gasteiger partial charge in [0.25, 0.3) is 0 Å². The Morgan fingerprint density at radius 2 is 2.00 bits per heavy atom. The third kappa shape index (κ3) is 2.97. The van der Waals surface area contributed by atoms with E-state index in [0.717, 1.165) is 13.8 Å². The molecule has 0 bridgehead atoms. The molecule has 0 saturated heterocycles. The van der Waals surface area contributed by atoms with Crippen LogP contribution in [0.5, 0.6) is 0 Å². The first-order valence-corrected chi connectivity index (χ1v) is 7.34. The maximum absolute atomic E-state index is 12.1. The van der Waals surface area contributed by atoms with Crippen LogP contribution in [0.2, 0.25) is 0 Å². The van der Waals surface area contributed by atoms with Crippen molar-refractivity contribution in [2.45, 2.75) is 6.42 Å². The standard InChI is InChI=1S/C12H9Br2NOS/c13-9-2-1-7(15)5-8(9)11(16)6-12-10(14)3-4-17-12/h1-5H,6,15H2. The second kappa shape index (κ2) is 5.33. The lowest BCUT2D eigenvalue weighted by Gasteiger charge is -2.04. The number of thiophene rings is 1. The number of carbonyl (C=O) groups is 1. The number of Topliss-reactive ketones (excluding diaryl/α,β-unsaturated/α-hetero) is 1. The van der Waals surface area contributed by atoms with Crippen LogP contribution in [-0.4, -0.2) is 5.78 Å². The first-order chi connectivity index (χ1) is 8.08. The number of nitrogen functional groups attached to an aromatic ring is 1. The number of nitrogens with two attached hydrogens (primary N) is 1. The van der Waals surface area contributed by atoms with Gasteiger partial charge < -0.3 is 5.73 Å². The van der Waals surface area contributed by atoms with Crippen LogP contribution in [0.3, 0.4) is 0 Å². The van der Waals surface area contributed by atoms with Crippen molar-refractivity contribution in [1.82, 2.24) is 0 Å². The van der Waals surface area contributed by atoms with Gasteiger partial charge >= 0.3 is 0 Å². The topological polar surface area (TPSA) is 43.1 Å². The molecule has 0 spiro atoms. The molecule has 1 aromatic carbocycles. The SMILES string of the molecule is Nc1ccc(Br)c(C(=O)Cc2sccc2Br)c1. The van der Waals surface area contributed by atoms with Crippen LogP contribution < -0.4 is 5.73 Å². The molecule has 2 nitrogen and oxygen atoms in total. The Labute approximate surface area is 120 Å². The number of carbonyl (C=O) groups excluding carboxylic acids is 1. The minimum atomic E-state index is 0.0623. The van der Waals surface area contributed by atoms with E-state index in [2.05, 4.69) is 31.9 Å². The van der Waals surface area contributed by atoms with Gasteiger partial charge in [0.2, 0.25) is 0 Å². The summed E-state index contributed by atoms with van der Waals surface area (Å²) in [6.07, 6.45) is 0.389. The zero-order valence-corrected chi connectivity index (χ0v) is 12.7. The highest BCUT2D eigenvalue weighted by atomic mass is 79.9. The monoisotopic (exact) mass is 373 g/mol. The molecule has 88 valence electrons. The van der Waals surface area contributed by atoms with E-state index in [9.17, 15) is 4.79 Å². The molecule has 0 fully saturated rings. The summed E-state index contributed by atoms with van der Waals surface area (Å²) >= 11 is 8.36. The van der Waals surface area contributed by atoms with Gasteiger partial charge in [0.1, 0.15) is 0 Å². The number of hydrogen-bond donors (Lipinski definition) is 1. The number of benzene rings is 1. The maximum atomic E-state index is 12.1. The Morgan fingerprint density at radius 3 is 2.65 bits per heavy atom. The average molecular weight is 375 g/mol. The van der Waals surface area contributed by atoms with Crippen LogP contribution in [0, 0.1) is 0 Å². The van der Waals surface area contributed by atoms with E-state index >= 15 is 0 Å². The lowest BCUT2D eigenvalue weighted by Crippen LogP contribution is -2.04. The molecule has 2 N–H and O–H groups in total. The highest BCUT2D eigenvalue weighted by Crippen LogP contribution is 2.26. The lowest BCUT2D eigenvalue weighted by molar-refractivity contribution is 0.0993. The fraction of sp³-hybridized carbons (Fsp3) is 0.0833. The number of hydrogen-bond acceptors (Lipinski definition) is 3. The molecular formula is C12H9Br2NOS. The predicted octanol–water partition coefficient (Wildman–Crippen LogP) is 4.28. The quantitative estimate of drug-likeness (QED) is 0.643. The van der Waals surface area contributed by atoms with Crippen LogP contribution in [-0.2, 0) is 6.42 Å². The van der Waals surface area contributed by atoms with Crippen molar-refractivity contribution < 1.29 is 4.79 Å². The third-order valence-electron chi connectivity index (χ3n) is 2.30. The van der Waals surface area contributed by atoms with E-state index in [1.165, 1.54) is 0 Å². The minimum Gasteiger partial charge on any atom is -0.399 e. The van der Waals surface area contributed by atoms with E-state index in [0.29, 0.717) is 17.7 Å². The molecule has 2 rings (SSSR count). The lowest BCUT2D eigenvalue weighted by atomic mass is 10.1. The van der Waals surface area contributed by atoms with Gasteiger partial charge in [-0.25, -0.2) is 0 Å². The van der Waals surface area contributed by atoms with Gasteiger partial charge in [-0.1, -0.05) is 15.9 Å². The Kier molecular flexibility index (Phi) is 4.01. The summed E-state index contributed by atoms with van der Waals surface area (Å²) in [6, 6.07) is 7.21. The van der Waals surface area contributed by atoms with Crippen molar-refractivity contribution in [3.8, 4) is 0 Å². The zero-order chi connectivity index (χ0) is 12.4. The molecule has 0 radical (unpaired) electrons. The first-order valence-electron chi connectivity index (χ1n) is 4.88. The predicted molar refractivity (Wildman–Crippen MR) is 78.6 cm³/mol. The Balaban J connectivity index is 2.26. The van der Waals surface area contributed by atoms with Gasteiger partial charge in [-0.15, -0.1) is 11.3 Å². The Bertz CT molecular complexity index is 565. The van der Waals surface area contributed by atoms with E-state index < -0.39 is 0 Å². The average Bonchev–Trinajstić information content (AvgIpc) is 2.68. The van der Waals surface area contributed by atoms with Gasteiger partial charge in [-0.3, -0.25) is 4.79 Å². The molecule has 17 heavy (non-hydrogen) atoms. The van der Waals surface area contributed by atoms with Crippen LogP contribution in [0.1, 0.15) is 15.2 Å². The van der Waals surface area contributed by atoms with E-state index in [-0.39, 0.29) is 5.78 Å². The minimum absolute atomic E-state index is 0.0623. The number of anilines is 1. The summed E-state index contributed by atoms with van der Waals surface area (Å²) in [5.41, 5.74) is 6.92. The second-order valence-electron chi connectivity index (χ2n) is 3.53. The smallest absolute Gasteiger partial charge is 0.169 e. The fourth-order valence-electron chi connectivity index (χ4n) is 1.45. The highest BCUT2D eigenvalue weighted by Gasteiger charge is 2.13. The molecule has 1 aromatic heterocycles. The number of rotatable bonds is 3. The van der Waals surface area contributed by atoms with Crippen molar-refractivity contribution in [3.05, 3.63) is 49.0 Å². The van der Waals surface area contributed by atoms with Crippen molar-refractivity contribution in [2.24, 2.45) is 0 Å². The van der Waals surface area contributed by atoms with E-state index in [1.807, 2.05) is 11.4 Å². The zero-order valence-electron chi connectivity index (χ0n) is 8.74. The van der Waals surface area contributed by atoms with Crippen LogP contribution in [0.25, 0.3) is 0 Å². The molecule has 5 heteroatoms. The van der Waals surface area contributed by atoms with Gasteiger partial charge in [-0.05, 0) is 45.6 Å². The molecule has 0 aliphatic rings. The summed E-state index contributed by atoms with van der Waals surface area (Å²) in [7, 11) is 0. The Morgan fingerprint density at radius 1 is 1.24 bits per heavy atom. The molecule has 0 saturated carbocycles. The van der Waals surface area contributed by atoms with Crippen LogP contribution in [0.4, 0.5) is 5.69 Å². The van der Waals surface area contributed by atoms with Crippen molar-refractivity contribution in [3.63, 3.8) is 0 Å². The van der Waals surface area contributed by atoms with Crippen molar-refractivity contribution >= 4 is 54.7 Å². The molecule has 0 amide bonds. The summed E-state index contributed by atoms with van der Waals surface area (Å²) in [4.78, 5) is 13.2. The largest absolute Gasteiger partial charge is 0.399 e. The van der Waals surface area contributed by atoms with E-state index in [1.54, 1.807) is 29.5 Å². The second-order valence-corrected chi connectivity index (χ2v) is 6.24. The molecule has 0 aliphatic carbocycles. The van der Waals surface area contributed by atoms with Crippen molar-refractivity contribution in [1.29, 1.82) is 0 Å². The third-order valence-corrected chi connectivity index (χ3v) is 4.92. The van der Waals surface area contributed by atoms with Gasteiger partial charge in [0.05, 0.1) is 0 Å². The molecule has 0 aliphatic heterocycles. The number of ketones is 1. The first kappa shape index (κ1) is 12.8. The number of halogens is 2. The molecule has 1 heterocycles. The van der Waals surface area contributed by atoms with Crippen molar-refractivity contribution in [2.75, 3.05) is 5.73 Å². The van der Waals surface area contributed by atoms with Gasteiger partial charge in [-0.2, -0.15) is 0 Å². The fourth-order valence-corrected chi connectivity index (χ4v) is 3.41. The van der Waals surface area contributed by atoms with Crippen LogP contribution >= 0.6 is 43.2 Å². The van der Waals surface area contributed by atoms with Gasteiger partial charge in [0.15, 0.2) is 5.78 Å². The molecule has 0 unspecified atom stereocenters. The molecule has 0 atom stereocenters. The summed E-state index contributed by atoms with van der Waals surface area (Å²) in [5.74, 6) is 0.0623. The van der Waals surface area contributed by atoms with E-state index in [4.69, 9.17) is 5.73 Å². The normalized spacial score (nSPS) is 10.5.